The summed E-state index contributed by atoms with van der Waals surface area (Å²) in [5.41, 5.74) is 2.47. The molecule has 0 aliphatic carbocycles. The maximum atomic E-state index is 4.73. The summed E-state index contributed by atoms with van der Waals surface area (Å²) < 4.78 is 2.00. The number of benzene rings is 1. The Bertz CT molecular complexity index is 542. The molecule has 0 radical (unpaired) electrons. The van der Waals surface area contributed by atoms with E-state index in [-0.39, 0.29) is 0 Å². The third-order valence-corrected chi connectivity index (χ3v) is 3.83. The Morgan fingerprint density at radius 1 is 1.25 bits per heavy atom. The maximum Gasteiger partial charge on any atom is 0.0706 e. The zero-order chi connectivity index (χ0) is 14.5. The molecule has 1 aromatic carbocycles. The van der Waals surface area contributed by atoms with Crippen molar-refractivity contribution >= 4 is 10.9 Å². The predicted octanol–water partition coefficient (Wildman–Crippen LogP) is 3.53. The molecule has 0 spiro atoms. The van der Waals surface area contributed by atoms with E-state index in [0.29, 0.717) is 12.0 Å². The molecule has 1 heterocycles. The minimum absolute atomic E-state index is 0.551. The molecule has 0 amide bonds. The highest BCUT2D eigenvalue weighted by Gasteiger charge is 2.14. The van der Waals surface area contributed by atoms with Gasteiger partial charge in [-0.3, -0.25) is 4.68 Å². The van der Waals surface area contributed by atoms with Gasteiger partial charge in [-0.05, 0) is 31.4 Å². The fourth-order valence-corrected chi connectivity index (χ4v) is 2.80. The van der Waals surface area contributed by atoms with Crippen LogP contribution in [-0.4, -0.2) is 22.4 Å². The van der Waals surface area contributed by atoms with Crippen molar-refractivity contribution in [3.63, 3.8) is 0 Å². The maximum absolute atomic E-state index is 4.73. The minimum Gasteiger partial charge on any atom is -0.314 e. The Labute approximate surface area is 122 Å². The first-order valence-corrected chi connectivity index (χ1v) is 7.75. The number of fused-ring (bicyclic) bond motifs is 1. The standard InChI is InChI=1S/C17H27N3/c1-5-8-14(12-18-13(2)3)11-16-15-9-6-7-10-17(15)20(4)19-16/h6-7,9-10,13-14,18H,5,8,11-12H2,1-4H3. The van der Waals surface area contributed by atoms with Crippen LogP contribution in [0.15, 0.2) is 24.3 Å². The zero-order valence-electron chi connectivity index (χ0n) is 13.2. The second-order valence-electron chi connectivity index (χ2n) is 6.01. The summed E-state index contributed by atoms with van der Waals surface area (Å²) in [6, 6.07) is 9.07. The van der Waals surface area contributed by atoms with Crippen LogP contribution in [0.5, 0.6) is 0 Å². The van der Waals surface area contributed by atoms with Crippen molar-refractivity contribution < 1.29 is 0 Å². The number of hydrogen-bond donors (Lipinski definition) is 1. The average molecular weight is 273 g/mol. The molecular weight excluding hydrogens is 246 g/mol. The number of rotatable bonds is 7. The van der Waals surface area contributed by atoms with Crippen LogP contribution in [-0.2, 0) is 13.5 Å². The van der Waals surface area contributed by atoms with E-state index in [1.165, 1.54) is 29.4 Å². The zero-order valence-corrected chi connectivity index (χ0v) is 13.2. The monoisotopic (exact) mass is 273 g/mol. The summed E-state index contributed by atoms with van der Waals surface area (Å²) in [6.45, 7) is 7.76. The van der Waals surface area contributed by atoms with Gasteiger partial charge in [0.25, 0.3) is 0 Å². The van der Waals surface area contributed by atoms with Crippen LogP contribution < -0.4 is 5.32 Å². The molecule has 2 rings (SSSR count). The van der Waals surface area contributed by atoms with Crippen LogP contribution >= 0.6 is 0 Å². The molecule has 0 saturated carbocycles. The van der Waals surface area contributed by atoms with E-state index in [2.05, 4.69) is 50.4 Å². The molecular formula is C17H27N3. The molecule has 1 aromatic heterocycles. The third-order valence-electron chi connectivity index (χ3n) is 3.83. The van der Waals surface area contributed by atoms with E-state index in [9.17, 15) is 0 Å². The van der Waals surface area contributed by atoms with Crippen molar-refractivity contribution in [1.82, 2.24) is 15.1 Å². The lowest BCUT2D eigenvalue weighted by atomic mass is 9.96. The summed E-state index contributed by atoms with van der Waals surface area (Å²) in [6.07, 6.45) is 3.55. The van der Waals surface area contributed by atoms with Crippen LogP contribution in [0, 0.1) is 5.92 Å². The van der Waals surface area contributed by atoms with Crippen LogP contribution in [0.1, 0.15) is 39.3 Å². The normalized spacial score (nSPS) is 13.2. The van der Waals surface area contributed by atoms with Crippen LogP contribution in [0.2, 0.25) is 0 Å². The van der Waals surface area contributed by atoms with E-state index >= 15 is 0 Å². The Morgan fingerprint density at radius 3 is 2.70 bits per heavy atom. The minimum atomic E-state index is 0.551. The number of aryl methyl sites for hydroxylation is 1. The van der Waals surface area contributed by atoms with Crippen LogP contribution in [0.4, 0.5) is 0 Å². The molecule has 3 heteroatoms. The second kappa shape index (κ2) is 6.89. The van der Waals surface area contributed by atoms with Gasteiger partial charge in [0.2, 0.25) is 0 Å². The number of nitrogens with one attached hydrogen (secondary N) is 1. The predicted molar refractivity (Wildman–Crippen MR) is 86.0 cm³/mol. The molecule has 0 aliphatic heterocycles. The molecule has 1 unspecified atom stereocenters. The van der Waals surface area contributed by atoms with Gasteiger partial charge >= 0.3 is 0 Å². The van der Waals surface area contributed by atoms with E-state index < -0.39 is 0 Å². The second-order valence-corrected chi connectivity index (χ2v) is 6.01. The topological polar surface area (TPSA) is 29.9 Å². The van der Waals surface area contributed by atoms with Crippen molar-refractivity contribution in [2.75, 3.05) is 6.54 Å². The van der Waals surface area contributed by atoms with Crippen molar-refractivity contribution in [3.05, 3.63) is 30.0 Å². The molecule has 0 bridgehead atoms. The van der Waals surface area contributed by atoms with Crippen molar-refractivity contribution in [1.29, 1.82) is 0 Å². The van der Waals surface area contributed by atoms with Crippen molar-refractivity contribution in [3.8, 4) is 0 Å². The largest absolute Gasteiger partial charge is 0.314 e. The lowest BCUT2D eigenvalue weighted by molar-refractivity contribution is 0.415. The van der Waals surface area contributed by atoms with Gasteiger partial charge in [0, 0.05) is 18.5 Å². The van der Waals surface area contributed by atoms with Crippen LogP contribution in [0.25, 0.3) is 10.9 Å². The summed E-state index contributed by atoms with van der Waals surface area (Å²) >= 11 is 0. The molecule has 110 valence electrons. The number of nitrogens with zero attached hydrogens (tertiary/aromatic N) is 2. The number of para-hydroxylation sites is 1. The lowest BCUT2D eigenvalue weighted by Crippen LogP contribution is -2.30. The van der Waals surface area contributed by atoms with Crippen LogP contribution in [0.3, 0.4) is 0 Å². The Kier molecular flexibility index (Phi) is 5.18. The van der Waals surface area contributed by atoms with E-state index in [1.807, 2.05) is 11.7 Å². The first-order valence-electron chi connectivity index (χ1n) is 7.75. The fourth-order valence-electron chi connectivity index (χ4n) is 2.80. The van der Waals surface area contributed by atoms with E-state index in [1.54, 1.807) is 0 Å². The number of aromatic nitrogens is 2. The summed E-state index contributed by atoms with van der Waals surface area (Å²) in [4.78, 5) is 0. The van der Waals surface area contributed by atoms with Crippen molar-refractivity contribution in [2.24, 2.45) is 13.0 Å². The Hall–Kier alpha value is -1.35. The van der Waals surface area contributed by atoms with Gasteiger partial charge in [-0.25, -0.2) is 0 Å². The summed E-state index contributed by atoms with van der Waals surface area (Å²) in [5.74, 6) is 0.667. The van der Waals surface area contributed by atoms with Gasteiger partial charge in [0.1, 0.15) is 0 Å². The molecule has 20 heavy (non-hydrogen) atoms. The lowest BCUT2D eigenvalue weighted by Gasteiger charge is -2.18. The molecule has 2 aromatic rings. The Morgan fingerprint density at radius 2 is 2.00 bits per heavy atom. The fraction of sp³-hybridized carbons (Fsp3) is 0.588. The molecule has 1 atom stereocenters. The summed E-state index contributed by atoms with van der Waals surface area (Å²) in [7, 11) is 2.03. The van der Waals surface area contributed by atoms with Gasteiger partial charge in [0.05, 0.1) is 11.2 Å². The smallest absolute Gasteiger partial charge is 0.0706 e. The van der Waals surface area contributed by atoms with Gasteiger partial charge in [-0.15, -0.1) is 0 Å². The highest BCUT2D eigenvalue weighted by Crippen LogP contribution is 2.21. The van der Waals surface area contributed by atoms with E-state index in [4.69, 9.17) is 5.10 Å². The third kappa shape index (κ3) is 3.60. The SMILES string of the molecule is CCCC(CNC(C)C)Cc1nn(C)c2ccccc12. The first-order chi connectivity index (χ1) is 9.61. The Balaban J connectivity index is 2.15. The first kappa shape index (κ1) is 15.0. The van der Waals surface area contributed by atoms with Gasteiger partial charge < -0.3 is 5.32 Å². The highest BCUT2D eigenvalue weighted by atomic mass is 15.3. The van der Waals surface area contributed by atoms with Gasteiger partial charge in [0.15, 0.2) is 0 Å². The summed E-state index contributed by atoms with van der Waals surface area (Å²) in [5, 5.41) is 9.60. The van der Waals surface area contributed by atoms with Gasteiger partial charge in [-0.1, -0.05) is 45.4 Å². The molecule has 3 nitrogen and oxygen atoms in total. The molecule has 0 saturated heterocycles. The molecule has 1 N–H and O–H groups in total. The average Bonchev–Trinajstić information content (AvgIpc) is 2.74. The molecule has 0 fully saturated rings. The van der Waals surface area contributed by atoms with E-state index in [0.717, 1.165) is 13.0 Å². The molecule has 0 aliphatic rings. The van der Waals surface area contributed by atoms with Crippen molar-refractivity contribution in [2.45, 2.75) is 46.1 Å². The highest BCUT2D eigenvalue weighted by molar-refractivity contribution is 5.81. The quantitative estimate of drug-likeness (QED) is 0.836. The number of hydrogen-bond acceptors (Lipinski definition) is 2. The van der Waals surface area contributed by atoms with Gasteiger partial charge in [-0.2, -0.15) is 5.10 Å².